The molecule has 3 N–H and O–H groups in total. The molecule has 12 heteroatoms. The molecular weight excluding hydrogens is 684 g/mol. The molecule has 1 unspecified atom stereocenters. The Balaban J connectivity index is 1.32. The van der Waals surface area contributed by atoms with Crippen LogP contribution in [-0.4, -0.2) is 77.7 Å². The van der Waals surface area contributed by atoms with Gasteiger partial charge in [0, 0.05) is 55.8 Å². The molecule has 274 valence electrons. The van der Waals surface area contributed by atoms with Crippen molar-refractivity contribution in [1.82, 2.24) is 15.2 Å². The Hall–Kier alpha value is -4.70. The molecular formula is C40H45ClN4O7. The summed E-state index contributed by atoms with van der Waals surface area (Å²) in [5, 5.41) is 31.9. The van der Waals surface area contributed by atoms with Gasteiger partial charge in [-0.2, -0.15) is 5.26 Å². The summed E-state index contributed by atoms with van der Waals surface area (Å²) in [6.07, 6.45) is 4.01. The first kappa shape index (κ1) is 38.5. The quantitative estimate of drug-likeness (QED) is 0.109. The molecule has 3 aromatic carbocycles. The number of morpholine rings is 1. The van der Waals surface area contributed by atoms with E-state index in [1.165, 1.54) is 13.1 Å². The lowest BCUT2D eigenvalue weighted by atomic mass is 9.93. The number of aliphatic hydroxyl groups excluding tert-OH is 1. The maximum absolute atomic E-state index is 11.8. The second-order valence-electron chi connectivity index (χ2n) is 13.0. The second-order valence-corrected chi connectivity index (χ2v) is 13.4. The van der Waals surface area contributed by atoms with Gasteiger partial charge in [0.1, 0.15) is 42.1 Å². The molecule has 1 aromatic heterocycles. The zero-order valence-corrected chi connectivity index (χ0v) is 30.5. The lowest BCUT2D eigenvalue weighted by Gasteiger charge is -2.26. The van der Waals surface area contributed by atoms with Crippen LogP contribution in [0.4, 0.5) is 0 Å². The maximum atomic E-state index is 11.8. The summed E-state index contributed by atoms with van der Waals surface area (Å²) in [6.45, 7) is 10.4. The number of hydrogen-bond acceptors (Lipinski definition) is 10. The number of halogens is 1. The summed E-state index contributed by atoms with van der Waals surface area (Å²) < 4.78 is 24.1. The average Bonchev–Trinajstić information content (AvgIpc) is 3.16. The van der Waals surface area contributed by atoms with Gasteiger partial charge < -0.3 is 29.2 Å². The number of carboxylic acids is 1. The molecule has 0 saturated carbocycles. The van der Waals surface area contributed by atoms with E-state index in [0.29, 0.717) is 39.8 Å². The third kappa shape index (κ3) is 9.79. The Morgan fingerprint density at radius 3 is 2.44 bits per heavy atom. The number of benzene rings is 3. The van der Waals surface area contributed by atoms with E-state index >= 15 is 0 Å². The molecule has 1 aliphatic rings. The van der Waals surface area contributed by atoms with E-state index in [1.807, 2.05) is 24.3 Å². The summed E-state index contributed by atoms with van der Waals surface area (Å²) in [4.78, 5) is 18.3. The largest absolute Gasteiger partial charge is 0.493 e. The van der Waals surface area contributed by atoms with Crippen molar-refractivity contribution in [2.75, 3.05) is 46.1 Å². The van der Waals surface area contributed by atoms with Gasteiger partial charge in [0.15, 0.2) is 0 Å². The van der Waals surface area contributed by atoms with Gasteiger partial charge in [0.25, 0.3) is 0 Å². The average molecular weight is 729 g/mol. The maximum Gasteiger partial charge on any atom is 0.326 e. The number of pyridine rings is 1. The summed E-state index contributed by atoms with van der Waals surface area (Å²) in [7, 11) is 0. The number of rotatable bonds is 17. The zero-order valence-electron chi connectivity index (χ0n) is 29.8. The molecule has 0 spiro atoms. The van der Waals surface area contributed by atoms with Gasteiger partial charge in [-0.3, -0.25) is 20.0 Å². The molecule has 11 nitrogen and oxygen atoms in total. The first-order valence-corrected chi connectivity index (χ1v) is 17.6. The highest BCUT2D eigenvalue weighted by Gasteiger charge is 2.32. The van der Waals surface area contributed by atoms with Gasteiger partial charge >= 0.3 is 5.97 Å². The molecule has 5 rings (SSSR count). The van der Waals surface area contributed by atoms with Gasteiger partial charge in [-0.25, -0.2) is 0 Å². The molecule has 2 heterocycles. The molecule has 52 heavy (non-hydrogen) atoms. The van der Waals surface area contributed by atoms with Gasteiger partial charge in [0.05, 0.1) is 37.0 Å². The number of carbonyl (C=O) groups is 1. The van der Waals surface area contributed by atoms with Crippen molar-refractivity contribution in [3.05, 3.63) is 105 Å². The summed E-state index contributed by atoms with van der Waals surface area (Å²) in [5.74, 6) is 0.436. The molecule has 0 radical (unpaired) electrons. The summed E-state index contributed by atoms with van der Waals surface area (Å²) in [5.41, 5.74) is 5.30. The highest BCUT2D eigenvalue weighted by atomic mass is 35.5. The Kier molecular flexibility index (Phi) is 13.5. The molecule has 4 aromatic rings. The van der Waals surface area contributed by atoms with Gasteiger partial charge in [0.2, 0.25) is 0 Å². The Morgan fingerprint density at radius 1 is 0.981 bits per heavy atom. The minimum absolute atomic E-state index is 0.0341. The second kappa shape index (κ2) is 18.2. The fourth-order valence-corrected chi connectivity index (χ4v) is 6.12. The predicted molar refractivity (Wildman–Crippen MR) is 198 cm³/mol. The lowest BCUT2D eigenvalue weighted by Crippen LogP contribution is -2.52. The lowest BCUT2D eigenvalue weighted by molar-refractivity contribution is -0.145. The monoisotopic (exact) mass is 728 g/mol. The highest BCUT2D eigenvalue weighted by molar-refractivity contribution is 6.32. The van der Waals surface area contributed by atoms with Gasteiger partial charge in [-0.05, 0) is 73.2 Å². The summed E-state index contributed by atoms with van der Waals surface area (Å²) in [6, 6.07) is 19.3. The van der Waals surface area contributed by atoms with Crippen molar-refractivity contribution in [3.8, 4) is 34.4 Å². The van der Waals surface area contributed by atoms with Crippen molar-refractivity contribution in [3.63, 3.8) is 0 Å². The number of nitrogens with zero attached hydrogens (tertiary/aromatic N) is 3. The molecule has 0 aliphatic carbocycles. The van der Waals surface area contributed by atoms with E-state index in [9.17, 15) is 20.3 Å². The van der Waals surface area contributed by atoms with E-state index in [2.05, 4.69) is 47.3 Å². The van der Waals surface area contributed by atoms with Crippen molar-refractivity contribution >= 4 is 17.6 Å². The van der Waals surface area contributed by atoms with Crippen LogP contribution in [0.1, 0.15) is 46.7 Å². The van der Waals surface area contributed by atoms with Crippen LogP contribution >= 0.6 is 11.6 Å². The van der Waals surface area contributed by atoms with Gasteiger partial charge in [-0.15, -0.1) is 0 Å². The molecule has 1 aliphatic heterocycles. The van der Waals surface area contributed by atoms with E-state index in [1.54, 1.807) is 24.4 Å². The standard InChI is InChI=1S/C40H45ClN4O7/c1-27-31(7-4-8-33(27)34-9-5-10-36(28(34)2)50-14-6-11-45-12-15-49-16-13-45)25-52-38-19-37(51-24-30-17-29(20-42)21-43-22-30)32(18-35(38)41)23-44-40(3,26-46)39(47)48/h4-5,7-10,17-19,21-22,44,46H,6,11-16,23-26H2,1-3H3,(H,47,48). The number of aliphatic hydroxyl groups is 1. The number of ether oxygens (including phenoxy) is 4. The number of aromatic nitrogens is 1. The van der Waals surface area contributed by atoms with Gasteiger partial charge in [-0.1, -0.05) is 41.9 Å². The number of carboxylic acid groups (broad SMARTS) is 1. The van der Waals surface area contributed by atoms with Crippen LogP contribution in [0.3, 0.4) is 0 Å². The highest BCUT2D eigenvalue weighted by Crippen LogP contribution is 2.36. The Labute approximate surface area is 309 Å². The fraction of sp³-hybridized carbons (Fsp3) is 0.375. The molecule has 1 saturated heterocycles. The van der Waals surface area contributed by atoms with Crippen LogP contribution in [0, 0.1) is 25.2 Å². The number of nitrogens with one attached hydrogen (secondary N) is 1. The van der Waals surface area contributed by atoms with E-state index in [4.69, 9.17) is 30.5 Å². The van der Waals surface area contributed by atoms with E-state index < -0.39 is 18.1 Å². The molecule has 0 bridgehead atoms. The molecule has 0 amide bonds. The van der Waals surface area contributed by atoms with Crippen molar-refractivity contribution in [2.45, 2.75) is 52.5 Å². The third-order valence-corrected chi connectivity index (χ3v) is 9.57. The van der Waals surface area contributed by atoms with Crippen LogP contribution in [0.15, 0.2) is 67.0 Å². The fourth-order valence-electron chi connectivity index (χ4n) is 5.88. The first-order valence-electron chi connectivity index (χ1n) is 17.2. The predicted octanol–water partition coefficient (Wildman–Crippen LogP) is 6.07. The SMILES string of the molecule is Cc1c(COc2cc(OCc3cncc(C#N)c3)c(CNC(C)(CO)C(=O)O)cc2Cl)cccc1-c1cccc(OCCCN2CCOCC2)c1C. The smallest absolute Gasteiger partial charge is 0.326 e. The van der Waals surface area contributed by atoms with Crippen LogP contribution in [0.5, 0.6) is 17.2 Å². The van der Waals surface area contributed by atoms with Crippen molar-refractivity contribution in [1.29, 1.82) is 5.26 Å². The van der Waals surface area contributed by atoms with Crippen LogP contribution in [0.2, 0.25) is 5.02 Å². The first-order chi connectivity index (χ1) is 25.1. The summed E-state index contributed by atoms with van der Waals surface area (Å²) >= 11 is 6.73. The minimum atomic E-state index is -1.58. The van der Waals surface area contributed by atoms with E-state index in [0.717, 1.165) is 72.8 Å². The Morgan fingerprint density at radius 2 is 1.71 bits per heavy atom. The number of hydrogen-bond donors (Lipinski definition) is 3. The van der Waals surface area contributed by atoms with Crippen LogP contribution in [0.25, 0.3) is 11.1 Å². The van der Waals surface area contributed by atoms with Crippen LogP contribution in [-0.2, 0) is 29.3 Å². The Bertz CT molecular complexity index is 1890. The van der Waals surface area contributed by atoms with Crippen LogP contribution < -0.4 is 19.5 Å². The number of aliphatic carboxylic acids is 1. The molecule has 1 fully saturated rings. The minimum Gasteiger partial charge on any atom is -0.493 e. The molecule has 1 atom stereocenters. The van der Waals surface area contributed by atoms with E-state index in [-0.39, 0.29) is 19.8 Å². The van der Waals surface area contributed by atoms with Crippen molar-refractivity contribution in [2.24, 2.45) is 0 Å². The topological polar surface area (TPSA) is 146 Å². The number of nitriles is 1. The normalized spacial score (nSPS) is 14.3. The van der Waals surface area contributed by atoms with Crippen molar-refractivity contribution < 1.29 is 34.0 Å². The third-order valence-electron chi connectivity index (χ3n) is 9.27. The zero-order chi connectivity index (χ0) is 37.1.